The predicted octanol–water partition coefficient (Wildman–Crippen LogP) is 2.99. The van der Waals surface area contributed by atoms with Crippen LogP contribution >= 0.6 is 24.0 Å². The maximum Gasteiger partial charge on any atom is 0.203 e. The van der Waals surface area contributed by atoms with Crippen LogP contribution in [0.5, 0.6) is 28.7 Å². The molecule has 0 saturated carbocycles. The number of ether oxygens (including phenoxy) is 5. The van der Waals surface area contributed by atoms with E-state index >= 15 is 0 Å². The van der Waals surface area contributed by atoms with Crippen LogP contribution in [0, 0.1) is 0 Å². The number of benzene rings is 2. The Morgan fingerprint density at radius 2 is 1.47 bits per heavy atom. The van der Waals surface area contributed by atoms with Crippen molar-refractivity contribution in [1.82, 2.24) is 5.32 Å². The molecule has 2 aromatic carbocycles. The summed E-state index contributed by atoms with van der Waals surface area (Å²) in [7, 11) is 7.98. The largest absolute Gasteiger partial charge is 0.493 e. The highest BCUT2D eigenvalue weighted by Crippen LogP contribution is 2.39. The number of nitrogens with zero attached hydrogens (tertiary/aromatic N) is 1. The molecule has 0 fully saturated rings. The molecule has 0 bridgehead atoms. The molecule has 3 N–H and O–H groups in total. The minimum atomic E-state index is 0. The zero-order valence-electron chi connectivity index (χ0n) is 18.0. The molecular weight excluding hydrogens is 501 g/mol. The van der Waals surface area contributed by atoms with Crippen LogP contribution in [0.2, 0.25) is 0 Å². The number of guanidine groups is 1. The Hall–Kier alpha value is -2.56. The zero-order chi connectivity index (χ0) is 21.2. The lowest BCUT2D eigenvalue weighted by Gasteiger charge is -2.16. The second-order valence-corrected chi connectivity index (χ2v) is 6.06. The molecule has 30 heavy (non-hydrogen) atoms. The number of rotatable bonds is 10. The van der Waals surface area contributed by atoms with E-state index in [4.69, 9.17) is 29.4 Å². The summed E-state index contributed by atoms with van der Waals surface area (Å²) < 4.78 is 26.8. The quantitative estimate of drug-likeness (QED) is 0.277. The van der Waals surface area contributed by atoms with E-state index in [9.17, 15) is 0 Å². The minimum absolute atomic E-state index is 0. The fourth-order valence-corrected chi connectivity index (χ4v) is 2.90. The van der Waals surface area contributed by atoms with Crippen LogP contribution in [-0.4, -0.2) is 48.1 Å². The first-order valence-corrected chi connectivity index (χ1v) is 9.10. The molecule has 0 aliphatic carbocycles. The van der Waals surface area contributed by atoms with Gasteiger partial charge in [-0.1, -0.05) is 12.1 Å². The van der Waals surface area contributed by atoms with Crippen LogP contribution in [0.25, 0.3) is 0 Å². The van der Waals surface area contributed by atoms with Gasteiger partial charge in [0.1, 0.15) is 0 Å². The number of methoxy groups -OCH3 is 5. The Morgan fingerprint density at radius 1 is 0.833 bits per heavy atom. The Morgan fingerprint density at radius 3 is 2.07 bits per heavy atom. The molecule has 9 heteroatoms. The summed E-state index contributed by atoms with van der Waals surface area (Å²) in [6, 6.07) is 9.44. The molecule has 0 saturated heterocycles. The summed E-state index contributed by atoms with van der Waals surface area (Å²) in [5, 5.41) is 3.11. The van der Waals surface area contributed by atoms with Crippen LogP contribution in [-0.2, 0) is 13.0 Å². The van der Waals surface area contributed by atoms with E-state index in [0.29, 0.717) is 54.2 Å². The summed E-state index contributed by atoms with van der Waals surface area (Å²) in [5.74, 6) is 3.54. The van der Waals surface area contributed by atoms with Crippen molar-refractivity contribution in [2.24, 2.45) is 10.7 Å². The average molecular weight is 531 g/mol. The smallest absolute Gasteiger partial charge is 0.203 e. The molecule has 8 nitrogen and oxygen atoms in total. The summed E-state index contributed by atoms with van der Waals surface area (Å²) in [6.45, 7) is 1.02. The summed E-state index contributed by atoms with van der Waals surface area (Å²) in [5.41, 5.74) is 7.94. The molecule has 0 radical (unpaired) electrons. The second-order valence-electron chi connectivity index (χ2n) is 6.06. The van der Waals surface area contributed by atoms with Gasteiger partial charge in [0.15, 0.2) is 29.0 Å². The topological polar surface area (TPSA) is 96.6 Å². The molecule has 0 aliphatic rings. The van der Waals surface area contributed by atoms with Crippen molar-refractivity contribution in [2.75, 3.05) is 42.1 Å². The van der Waals surface area contributed by atoms with Crippen molar-refractivity contribution < 1.29 is 23.7 Å². The molecule has 0 amide bonds. The fraction of sp³-hybridized carbons (Fsp3) is 0.381. The van der Waals surface area contributed by atoms with Gasteiger partial charge in [-0.05, 0) is 30.2 Å². The Kier molecular flexibility index (Phi) is 10.9. The van der Waals surface area contributed by atoms with Crippen molar-refractivity contribution in [3.8, 4) is 28.7 Å². The third-order valence-corrected chi connectivity index (χ3v) is 4.37. The van der Waals surface area contributed by atoms with E-state index in [1.54, 1.807) is 35.5 Å². The van der Waals surface area contributed by atoms with E-state index in [2.05, 4.69) is 10.3 Å². The van der Waals surface area contributed by atoms with Gasteiger partial charge in [-0.3, -0.25) is 0 Å². The Labute approximate surface area is 194 Å². The van der Waals surface area contributed by atoms with Gasteiger partial charge in [-0.2, -0.15) is 0 Å². The molecule has 0 spiro atoms. The lowest BCUT2D eigenvalue weighted by atomic mass is 10.1. The van der Waals surface area contributed by atoms with Crippen molar-refractivity contribution in [1.29, 1.82) is 0 Å². The zero-order valence-corrected chi connectivity index (χ0v) is 20.3. The number of halogens is 1. The number of nitrogens with two attached hydrogens (primary N) is 1. The maximum atomic E-state index is 5.99. The molecule has 2 rings (SSSR count). The van der Waals surface area contributed by atoms with E-state index in [1.165, 1.54) is 0 Å². The molecular formula is C21H30IN3O5. The third kappa shape index (κ3) is 6.48. The summed E-state index contributed by atoms with van der Waals surface area (Å²) in [4.78, 5) is 4.37. The SMILES string of the molecule is COc1ccc(CN=C(N)NCCc2ccc(OC)c(OC)c2OC)cc1OC.I. The first-order chi connectivity index (χ1) is 14.1. The van der Waals surface area contributed by atoms with Gasteiger partial charge in [-0.15, -0.1) is 24.0 Å². The minimum Gasteiger partial charge on any atom is -0.493 e. The number of hydrogen-bond acceptors (Lipinski definition) is 6. The molecule has 0 aliphatic heterocycles. The first kappa shape index (κ1) is 25.5. The lowest BCUT2D eigenvalue weighted by molar-refractivity contribution is 0.322. The second kappa shape index (κ2) is 12.9. The van der Waals surface area contributed by atoms with Crippen molar-refractivity contribution in [3.63, 3.8) is 0 Å². The maximum absolute atomic E-state index is 5.99. The van der Waals surface area contributed by atoms with Gasteiger partial charge in [0.2, 0.25) is 5.75 Å². The van der Waals surface area contributed by atoms with Crippen LogP contribution in [0.15, 0.2) is 35.3 Å². The van der Waals surface area contributed by atoms with E-state index in [0.717, 1.165) is 11.1 Å². The van der Waals surface area contributed by atoms with Gasteiger partial charge >= 0.3 is 0 Å². The third-order valence-electron chi connectivity index (χ3n) is 4.37. The number of hydrogen-bond donors (Lipinski definition) is 2. The van der Waals surface area contributed by atoms with Crippen molar-refractivity contribution in [3.05, 3.63) is 41.5 Å². The predicted molar refractivity (Wildman–Crippen MR) is 128 cm³/mol. The number of aliphatic imine (C=N–C) groups is 1. The van der Waals surface area contributed by atoms with Crippen LogP contribution < -0.4 is 34.7 Å². The van der Waals surface area contributed by atoms with Crippen LogP contribution in [0.1, 0.15) is 11.1 Å². The van der Waals surface area contributed by atoms with E-state index < -0.39 is 0 Å². The van der Waals surface area contributed by atoms with Gasteiger partial charge in [0, 0.05) is 12.1 Å². The number of nitrogens with one attached hydrogen (secondary N) is 1. The Bertz CT molecular complexity index is 846. The molecule has 166 valence electrons. The molecule has 2 aromatic rings. The lowest BCUT2D eigenvalue weighted by Crippen LogP contribution is -2.33. The normalized spacial score (nSPS) is 10.6. The molecule has 0 aromatic heterocycles. The van der Waals surface area contributed by atoms with Gasteiger partial charge in [-0.25, -0.2) is 4.99 Å². The average Bonchev–Trinajstić information content (AvgIpc) is 2.76. The first-order valence-electron chi connectivity index (χ1n) is 9.10. The fourth-order valence-electron chi connectivity index (χ4n) is 2.90. The highest BCUT2D eigenvalue weighted by atomic mass is 127. The van der Waals surface area contributed by atoms with E-state index in [-0.39, 0.29) is 24.0 Å². The van der Waals surface area contributed by atoms with Gasteiger partial charge in [0.25, 0.3) is 0 Å². The molecule has 0 unspecified atom stereocenters. The summed E-state index contributed by atoms with van der Waals surface area (Å²) >= 11 is 0. The van der Waals surface area contributed by atoms with Gasteiger partial charge in [0.05, 0.1) is 42.1 Å². The monoisotopic (exact) mass is 531 g/mol. The van der Waals surface area contributed by atoms with Crippen molar-refractivity contribution >= 4 is 29.9 Å². The van der Waals surface area contributed by atoms with Gasteiger partial charge < -0.3 is 34.7 Å². The molecule has 0 heterocycles. The van der Waals surface area contributed by atoms with E-state index in [1.807, 2.05) is 30.3 Å². The standard InChI is InChI=1S/C21H29N3O5.HI/c1-25-16-8-6-14(12-18(16)27-3)13-24-21(22)23-11-10-15-7-9-17(26-2)20(29-5)19(15)28-4;/h6-9,12H,10-11,13H2,1-5H3,(H3,22,23,24);1H. The van der Waals surface area contributed by atoms with Crippen LogP contribution in [0.3, 0.4) is 0 Å². The Balaban J connectivity index is 0.00000450. The van der Waals surface area contributed by atoms with Crippen LogP contribution in [0.4, 0.5) is 0 Å². The highest BCUT2D eigenvalue weighted by Gasteiger charge is 2.15. The molecule has 0 atom stereocenters. The highest BCUT2D eigenvalue weighted by molar-refractivity contribution is 14.0. The summed E-state index contributed by atoms with van der Waals surface area (Å²) in [6.07, 6.45) is 0.677. The van der Waals surface area contributed by atoms with Crippen molar-refractivity contribution in [2.45, 2.75) is 13.0 Å².